The molecule has 0 bridgehead atoms. The Morgan fingerprint density at radius 2 is 1.90 bits per heavy atom. The maximum atomic E-state index is 14.2. The third kappa shape index (κ3) is 5.83. The van der Waals surface area contributed by atoms with Gasteiger partial charge in [-0.1, -0.05) is 18.2 Å². The van der Waals surface area contributed by atoms with E-state index in [9.17, 15) is 18.0 Å². The number of hydrogen-bond donors (Lipinski definition) is 1. The number of halogens is 3. The van der Waals surface area contributed by atoms with E-state index in [4.69, 9.17) is 4.74 Å². The van der Waals surface area contributed by atoms with Crippen molar-refractivity contribution in [3.05, 3.63) is 84.4 Å². The van der Waals surface area contributed by atoms with Crippen LogP contribution in [0, 0.1) is 5.82 Å². The molecule has 1 N–H and O–H groups in total. The molecule has 2 aromatic carbocycles. The molecule has 0 saturated carbocycles. The van der Waals surface area contributed by atoms with E-state index in [0.717, 1.165) is 6.08 Å². The standard InChI is InChI=1S/C21H15F3N2O3/c22-16-12-14(7-9-18(16)28-15-4-3-11-25-13-15)8-10-20(27)26-17-5-1-2-6-19(17)29-21(23)24/h1-13,21H,(H,26,27)/b10-8+. The predicted molar refractivity (Wildman–Crippen MR) is 101 cm³/mol. The summed E-state index contributed by atoms with van der Waals surface area (Å²) in [6, 6.07) is 13.3. The number of pyridine rings is 1. The second kappa shape index (κ2) is 9.41. The largest absolute Gasteiger partial charge is 0.453 e. The lowest BCUT2D eigenvalue weighted by atomic mass is 10.2. The van der Waals surface area contributed by atoms with Gasteiger partial charge in [0, 0.05) is 12.3 Å². The molecule has 8 heteroatoms. The lowest BCUT2D eigenvalue weighted by molar-refractivity contribution is -0.111. The highest BCUT2D eigenvalue weighted by Crippen LogP contribution is 2.26. The Balaban J connectivity index is 1.65. The molecule has 1 aromatic heterocycles. The number of carbonyl (C=O) groups is 1. The van der Waals surface area contributed by atoms with Crippen LogP contribution in [0.3, 0.4) is 0 Å². The Morgan fingerprint density at radius 3 is 2.62 bits per heavy atom. The van der Waals surface area contributed by atoms with Gasteiger partial charge in [-0.2, -0.15) is 8.78 Å². The lowest BCUT2D eigenvalue weighted by Crippen LogP contribution is -2.11. The van der Waals surface area contributed by atoms with E-state index >= 15 is 0 Å². The molecule has 0 aliphatic heterocycles. The first kappa shape index (κ1) is 19.9. The Bertz CT molecular complexity index is 1010. The number of amides is 1. The fourth-order valence-electron chi connectivity index (χ4n) is 2.35. The summed E-state index contributed by atoms with van der Waals surface area (Å²) < 4.78 is 48.8. The van der Waals surface area contributed by atoms with E-state index in [0.29, 0.717) is 11.3 Å². The van der Waals surface area contributed by atoms with Crippen LogP contribution < -0.4 is 14.8 Å². The van der Waals surface area contributed by atoms with Crippen molar-refractivity contribution in [1.29, 1.82) is 0 Å². The number of anilines is 1. The first-order chi connectivity index (χ1) is 14.0. The average Bonchev–Trinajstić information content (AvgIpc) is 2.70. The smallest absolute Gasteiger partial charge is 0.387 e. The minimum absolute atomic E-state index is 0.0117. The SMILES string of the molecule is O=C(/C=C/c1ccc(Oc2cccnc2)c(F)c1)Nc1ccccc1OC(F)F. The summed E-state index contributed by atoms with van der Waals surface area (Å²) in [5, 5.41) is 2.44. The topological polar surface area (TPSA) is 60.5 Å². The number of para-hydroxylation sites is 2. The van der Waals surface area contributed by atoms with E-state index < -0.39 is 18.3 Å². The fourth-order valence-corrected chi connectivity index (χ4v) is 2.35. The van der Waals surface area contributed by atoms with Gasteiger partial charge in [-0.05, 0) is 48.0 Å². The van der Waals surface area contributed by atoms with Crippen LogP contribution in [0.2, 0.25) is 0 Å². The van der Waals surface area contributed by atoms with Crippen LogP contribution in [0.4, 0.5) is 18.9 Å². The van der Waals surface area contributed by atoms with E-state index in [-0.39, 0.29) is 17.2 Å². The molecule has 0 fully saturated rings. The Hall–Kier alpha value is -3.81. The Morgan fingerprint density at radius 1 is 1.07 bits per heavy atom. The van der Waals surface area contributed by atoms with Crippen molar-refractivity contribution in [3.63, 3.8) is 0 Å². The molecule has 5 nitrogen and oxygen atoms in total. The lowest BCUT2D eigenvalue weighted by Gasteiger charge is -2.10. The van der Waals surface area contributed by atoms with Crippen LogP contribution in [0.5, 0.6) is 17.2 Å². The maximum Gasteiger partial charge on any atom is 0.387 e. The summed E-state index contributed by atoms with van der Waals surface area (Å²) in [5.74, 6) is -0.970. The zero-order valence-electron chi connectivity index (χ0n) is 14.9. The summed E-state index contributed by atoms with van der Waals surface area (Å²) in [6.45, 7) is -3.01. The van der Waals surface area contributed by atoms with Crippen molar-refractivity contribution >= 4 is 17.7 Å². The van der Waals surface area contributed by atoms with Crippen LogP contribution in [0.25, 0.3) is 6.08 Å². The van der Waals surface area contributed by atoms with E-state index in [2.05, 4.69) is 15.0 Å². The van der Waals surface area contributed by atoms with Gasteiger partial charge in [-0.25, -0.2) is 4.39 Å². The van der Waals surface area contributed by atoms with Gasteiger partial charge in [0.1, 0.15) is 11.5 Å². The monoisotopic (exact) mass is 400 g/mol. The minimum atomic E-state index is -3.01. The van der Waals surface area contributed by atoms with Gasteiger partial charge < -0.3 is 14.8 Å². The van der Waals surface area contributed by atoms with Crippen LogP contribution in [-0.2, 0) is 4.79 Å². The molecule has 0 atom stereocenters. The highest BCUT2D eigenvalue weighted by atomic mass is 19.3. The molecule has 0 aliphatic carbocycles. The van der Waals surface area contributed by atoms with E-state index in [1.165, 1.54) is 42.6 Å². The van der Waals surface area contributed by atoms with Gasteiger partial charge >= 0.3 is 6.61 Å². The molecule has 0 unspecified atom stereocenters. The summed E-state index contributed by atoms with van der Waals surface area (Å²) in [6.07, 6.45) is 5.55. The highest BCUT2D eigenvalue weighted by molar-refractivity contribution is 6.02. The van der Waals surface area contributed by atoms with Crippen molar-refractivity contribution in [2.45, 2.75) is 6.61 Å². The third-order valence-corrected chi connectivity index (χ3v) is 3.61. The number of alkyl halides is 2. The Kier molecular flexibility index (Phi) is 6.47. The molecule has 3 rings (SSSR count). The first-order valence-electron chi connectivity index (χ1n) is 8.41. The van der Waals surface area contributed by atoms with Crippen molar-refractivity contribution in [2.75, 3.05) is 5.32 Å². The quantitative estimate of drug-likeness (QED) is 0.549. The molecule has 3 aromatic rings. The fraction of sp³-hybridized carbons (Fsp3) is 0.0476. The average molecular weight is 400 g/mol. The summed E-state index contributed by atoms with van der Waals surface area (Å²) in [7, 11) is 0. The number of nitrogens with one attached hydrogen (secondary N) is 1. The van der Waals surface area contributed by atoms with Crippen LogP contribution >= 0.6 is 0 Å². The van der Waals surface area contributed by atoms with Crippen molar-refractivity contribution in [1.82, 2.24) is 4.98 Å². The van der Waals surface area contributed by atoms with Gasteiger partial charge in [0.25, 0.3) is 0 Å². The van der Waals surface area contributed by atoms with Gasteiger partial charge in [-0.15, -0.1) is 0 Å². The summed E-state index contributed by atoms with van der Waals surface area (Å²) >= 11 is 0. The van der Waals surface area contributed by atoms with E-state index in [1.807, 2.05) is 0 Å². The molecular formula is C21H15F3N2O3. The van der Waals surface area contributed by atoms with Crippen LogP contribution in [0.15, 0.2) is 73.1 Å². The maximum absolute atomic E-state index is 14.2. The zero-order valence-corrected chi connectivity index (χ0v) is 14.9. The first-order valence-corrected chi connectivity index (χ1v) is 8.41. The number of aromatic nitrogens is 1. The normalized spacial score (nSPS) is 10.9. The zero-order chi connectivity index (χ0) is 20.6. The van der Waals surface area contributed by atoms with Crippen LogP contribution in [-0.4, -0.2) is 17.5 Å². The number of ether oxygens (including phenoxy) is 2. The second-order valence-electron chi connectivity index (χ2n) is 5.68. The number of rotatable bonds is 7. The molecule has 0 saturated heterocycles. The highest BCUT2D eigenvalue weighted by Gasteiger charge is 2.10. The molecule has 1 amide bonds. The predicted octanol–water partition coefficient (Wildman–Crippen LogP) is 5.27. The minimum Gasteiger partial charge on any atom is -0.453 e. The molecule has 1 heterocycles. The number of nitrogens with zero attached hydrogens (tertiary/aromatic N) is 1. The van der Waals surface area contributed by atoms with Gasteiger partial charge in [-0.3, -0.25) is 9.78 Å². The molecule has 0 aliphatic rings. The summed E-state index contributed by atoms with van der Waals surface area (Å²) in [5.41, 5.74) is 0.502. The van der Waals surface area contributed by atoms with Crippen LogP contribution in [0.1, 0.15) is 5.56 Å². The number of hydrogen-bond acceptors (Lipinski definition) is 4. The molecule has 29 heavy (non-hydrogen) atoms. The van der Waals surface area contributed by atoms with Gasteiger partial charge in [0.15, 0.2) is 11.6 Å². The number of benzene rings is 2. The van der Waals surface area contributed by atoms with E-state index in [1.54, 1.807) is 30.5 Å². The number of carbonyl (C=O) groups excluding carboxylic acids is 1. The van der Waals surface area contributed by atoms with Gasteiger partial charge in [0.05, 0.1) is 11.9 Å². The summed E-state index contributed by atoms with van der Waals surface area (Å²) in [4.78, 5) is 15.9. The molecule has 148 valence electrons. The van der Waals surface area contributed by atoms with Gasteiger partial charge in [0.2, 0.25) is 5.91 Å². The van der Waals surface area contributed by atoms with Crippen molar-refractivity contribution in [2.24, 2.45) is 0 Å². The van der Waals surface area contributed by atoms with Crippen molar-refractivity contribution < 1.29 is 27.4 Å². The van der Waals surface area contributed by atoms with Crippen molar-refractivity contribution in [3.8, 4) is 17.2 Å². The third-order valence-electron chi connectivity index (χ3n) is 3.61. The molecular weight excluding hydrogens is 385 g/mol. The second-order valence-corrected chi connectivity index (χ2v) is 5.68. The molecule has 0 radical (unpaired) electrons. The molecule has 0 spiro atoms. The Labute approximate surface area is 164 Å².